The maximum atomic E-state index is 11.9. The van der Waals surface area contributed by atoms with Crippen molar-refractivity contribution in [2.24, 2.45) is 0 Å². The van der Waals surface area contributed by atoms with Gasteiger partial charge >= 0.3 is 0 Å². The van der Waals surface area contributed by atoms with E-state index in [9.17, 15) is 9.18 Å². The van der Waals surface area contributed by atoms with Crippen molar-refractivity contribution in [1.29, 1.82) is 0 Å². The quantitative estimate of drug-likeness (QED) is 0.469. The number of hydrogen-bond donors (Lipinski definition) is 0. The highest BCUT2D eigenvalue weighted by atomic mass is 19.1. The summed E-state index contributed by atoms with van der Waals surface area (Å²) >= 11 is 0. The number of benzene rings is 3. The van der Waals surface area contributed by atoms with E-state index in [1.54, 1.807) is 24.3 Å². The molecule has 1 nitrogen and oxygen atoms in total. The van der Waals surface area contributed by atoms with Gasteiger partial charge in [-0.05, 0) is 30.3 Å². The Bertz CT molecular complexity index is 799. The minimum absolute atomic E-state index is 0.178. The van der Waals surface area contributed by atoms with Gasteiger partial charge in [0.1, 0.15) is 5.82 Å². The first-order valence-electron chi connectivity index (χ1n) is 7.11. The lowest BCUT2D eigenvalue weighted by atomic mass is 10.1. The number of hydrogen-bond acceptors (Lipinski definition) is 1. The maximum Gasteiger partial charge on any atom is 0.151 e. The molecule has 0 radical (unpaired) electrons. The molecule has 2 heteroatoms. The zero-order chi connectivity index (χ0) is 16.3. The van der Waals surface area contributed by atoms with Crippen LogP contribution in [0.15, 0.2) is 84.9 Å². The topological polar surface area (TPSA) is 17.1 Å². The minimum Gasteiger partial charge on any atom is -0.298 e. The van der Waals surface area contributed by atoms with E-state index >= 15 is 0 Å². The maximum absolute atomic E-state index is 11.9. The van der Waals surface area contributed by atoms with Crippen LogP contribution in [0.1, 0.15) is 21.5 Å². The molecule has 0 heterocycles. The first-order valence-corrected chi connectivity index (χ1v) is 7.11. The highest BCUT2D eigenvalue weighted by molar-refractivity contribution is 5.79. The fourth-order valence-electron chi connectivity index (χ4n) is 1.79. The standard InChI is InChI=1S/C15H10O.C6H5F/c16-12-15-9-5-4-8-14(15)11-10-13-6-2-1-3-7-13;7-6-4-2-1-3-5-6/h1-9,12H;1-5H. The molecule has 0 bridgehead atoms. The molecule has 0 saturated carbocycles. The van der Waals surface area contributed by atoms with Crippen LogP contribution in [0.4, 0.5) is 4.39 Å². The molecule has 0 spiro atoms. The molecule has 0 fully saturated rings. The van der Waals surface area contributed by atoms with Gasteiger partial charge in [0.15, 0.2) is 6.29 Å². The molecule has 0 N–H and O–H groups in total. The molecule has 0 aliphatic carbocycles. The molecular weight excluding hydrogens is 287 g/mol. The van der Waals surface area contributed by atoms with Crippen molar-refractivity contribution in [3.63, 3.8) is 0 Å². The molecule has 0 saturated heterocycles. The molecule has 0 amide bonds. The van der Waals surface area contributed by atoms with Crippen molar-refractivity contribution in [3.8, 4) is 11.8 Å². The van der Waals surface area contributed by atoms with Gasteiger partial charge in [-0.2, -0.15) is 0 Å². The van der Waals surface area contributed by atoms with Crippen LogP contribution in [0.3, 0.4) is 0 Å². The van der Waals surface area contributed by atoms with Crippen molar-refractivity contribution in [2.75, 3.05) is 0 Å². The summed E-state index contributed by atoms with van der Waals surface area (Å²) in [6.45, 7) is 0. The van der Waals surface area contributed by atoms with Gasteiger partial charge in [0.05, 0.1) is 0 Å². The third-order valence-electron chi connectivity index (χ3n) is 2.94. The van der Waals surface area contributed by atoms with E-state index in [4.69, 9.17) is 0 Å². The van der Waals surface area contributed by atoms with Gasteiger partial charge in [-0.15, -0.1) is 0 Å². The third-order valence-corrected chi connectivity index (χ3v) is 2.94. The lowest BCUT2D eigenvalue weighted by molar-refractivity contribution is 0.112. The highest BCUT2D eigenvalue weighted by Crippen LogP contribution is 2.04. The average molecular weight is 302 g/mol. The fraction of sp³-hybridized carbons (Fsp3) is 0. The number of rotatable bonds is 1. The van der Waals surface area contributed by atoms with Gasteiger partial charge in [0.2, 0.25) is 0 Å². The van der Waals surface area contributed by atoms with Crippen molar-refractivity contribution >= 4 is 6.29 Å². The Morgan fingerprint density at radius 1 is 0.696 bits per heavy atom. The lowest BCUT2D eigenvalue weighted by Gasteiger charge is -1.94. The molecule has 3 aromatic rings. The Hall–Kier alpha value is -3.18. The smallest absolute Gasteiger partial charge is 0.151 e. The highest BCUT2D eigenvalue weighted by Gasteiger charge is 1.95. The van der Waals surface area contributed by atoms with Crippen LogP contribution < -0.4 is 0 Å². The molecule has 0 aliphatic rings. The van der Waals surface area contributed by atoms with E-state index in [-0.39, 0.29) is 5.82 Å². The molecule has 3 aromatic carbocycles. The van der Waals surface area contributed by atoms with Crippen LogP contribution in [-0.4, -0.2) is 6.29 Å². The van der Waals surface area contributed by atoms with E-state index in [0.717, 1.165) is 17.4 Å². The number of halogens is 1. The second-order valence-corrected chi connectivity index (χ2v) is 4.62. The Morgan fingerprint density at radius 2 is 1.26 bits per heavy atom. The lowest BCUT2D eigenvalue weighted by Crippen LogP contribution is -1.85. The second-order valence-electron chi connectivity index (χ2n) is 4.62. The summed E-state index contributed by atoms with van der Waals surface area (Å²) in [5, 5.41) is 0. The monoisotopic (exact) mass is 302 g/mol. The predicted octanol–water partition coefficient (Wildman–Crippen LogP) is 4.72. The van der Waals surface area contributed by atoms with Crippen molar-refractivity contribution < 1.29 is 9.18 Å². The molecule has 0 unspecified atom stereocenters. The summed E-state index contributed by atoms with van der Waals surface area (Å²) in [5.74, 6) is 5.85. The molecule has 3 rings (SSSR count). The summed E-state index contributed by atoms with van der Waals surface area (Å²) in [5.41, 5.74) is 2.34. The van der Waals surface area contributed by atoms with Gasteiger partial charge in [-0.3, -0.25) is 4.79 Å². The molecule has 23 heavy (non-hydrogen) atoms. The number of carbonyl (C=O) groups is 1. The summed E-state index contributed by atoms with van der Waals surface area (Å²) in [6.07, 6.45) is 0.828. The summed E-state index contributed by atoms with van der Waals surface area (Å²) < 4.78 is 11.9. The Kier molecular flexibility index (Phi) is 6.31. The summed E-state index contributed by atoms with van der Waals surface area (Å²) in [4.78, 5) is 10.8. The molecule has 0 atom stereocenters. The van der Waals surface area contributed by atoms with Crippen LogP contribution in [0.25, 0.3) is 0 Å². The number of aldehydes is 1. The van der Waals surface area contributed by atoms with E-state index in [2.05, 4.69) is 11.8 Å². The minimum atomic E-state index is -0.178. The van der Waals surface area contributed by atoms with Crippen LogP contribution >= 0.6 is 0 Å². The predicted molar refractivity (Wildman–Crippen MR) is 90.7 cm³/mol. The third kappa shape index (κ3) is 5.61. The largest absolute Gasteiger partial charge is 0.298 e. The van der Waals surface area contributed by atoms with Crippen LogP contribution in [-0.2, 0) is 0 Å². The SMILES string of the molecule is Fc1ccccc1.O=Cc1ccccc1C#Cc1ccccc1. The second kappa shape index (κ2) is 8.96. The fourth-order valence-corrected chi connectivity index (χ4v) is 1.79. The van der Waals surface area contributed by atoms with Gasteiger partial charge in [-0.25, -0.2) is 4.39 Å². The van der Waals surface area contributed by atoms with Crippen molar-refractivity contribution in [3.05, 3.63) is 107 Å². The Labute approximate surface area is 135 Å². The van der Waals surface area contributed by atoms with Gasteiger partial charge in [-0.1, -0.05) is 66.4 Å². The molecule has 0 aromatic heterocycles. The van der Waals surface area contributed by atoms with Crippen LogP contribution in [0.2, 0.25) is 0 Å². The van der Waals surface area contributed by atoms with Crippen molar-refractivity contribution in [1.82, 2.24) is 0 Å². The van der Waals surface area contributed by atoms with Gasteiger partial charge < -0.3 is 0 Å². The zero-order valence-electron chi connectivity index (χ0n) is 12.4. The summed E-state index contributed by atoms with van der Waals surface area (Å²) in [6, 6.07) is 25.0. The zero-order valence-corrected chi connectivity index (χ0v) is 12.4. The van der Waals surface area contributed by atoms with E-state index in [1.807, 2.05) is 48.5 Å². The van der Waals surface area contributed by atoms with E-state index in [0.29, 0.717) is 5.56 Å². The average Bonchev–Trinajstić information content (AvgIpc) is 2.62. The normalized spacial score (nSPS) is 8.91. The van der Waals surface area contributed by atoms with E-state index < -0.39 is 0 Å². The number of carbonyl (C=O) groups excluding carboxylic acids is 1. The first kappa shape index (κ1) is 16.2. The van der Waals surface area contributed by atoms with Crippen molar-refractivity contribution in [2.45, 2.75) is 0 Å². The first-order chi connectivity index (χ1) is 11.3. The van der Waals surface area contributed by atoms with Gasteiger partial charge in [0, 0.05) is 16.7 Å². The Balaban J connectivity index is 0.000000229. The van der Waals surface area contributed by atoms with Gasteiger partial charge in [0.25, 0.3) is 0 Å². The molecular formula is C21H15FO. The van der Waals surface area contributed by atoms with Crippen LogP contribution in [0, 0.1) is 17.7 Å². The van der Waals surface area contributed by atoms with Crippen LogP contribution in [0.5, 0.6) is 0 Å². The molecule has 112 valence electrons. The Morgan fingerprint density at radius 3 is 1.83 bits per heavy atom. The van der Waals surface area contributed by atoms with E-state index in [1.165, 1.54) is 12.1 Å². The summed E-state index contributed by atoms with van der Waals surface area (Å²) in [7, 11) is 0. The molecule has 0 aliphatic heterocycles.